The summed E-state index contributed by atoms with van der Waals surface area (Å²) in [6.45, 7) is 1.82. The molecule has 0 atom stereocenters. The van der Waals surface area contributed by atoms with Crippen molar-refractivity contribution in [2.24, 2.45) is 5.10 Å². The van der Waals surface area contributed by atoms with Crippen molar-refractivity contribution in [1.29, 1.82) is 0 Å². The maximum atomic E-state index is 11.9. The van der Waals surface area contributed by atoms with E-state index in [1.807, 2.05) is 49.4 Å². The maximum Gasteiger partial charge on any atom is 0.271 e. The zero-order valence-electron chi connectivity index (χ0n) is 11.8. The number of nitrogens with zero attached hydrogens (tertiary/aromatic N) is 1. The van der Waals surface area contributed by atoms with Gasteiger partial charge in [0, 0.05) is 11.3 Å². The fraction of sp³-hybridized carbons (Fsp3) is 0.0588. The SMILES string of the molecule is CC(/C=C\c1ccccc1)=N/NC(=O)c1ccc(N)cc1. The Bertz CT molecular complexity index is 658. The van der Waals surface area contributed by atoms with Gasteiger partial charge in [-0.15, -0.1) is 0 Å². The number of hydrogen-bond acceptors (Lipinski definition) is 3. The predicted molar refractivity (Wildman–Crippen MR) is 86.9 cm³/mol. The average molecular weight is 279 g/mol. The summed E-state index contributed by atoms with van der Waals surface area (Å²) in [6, 6.07) is 16.6. The number of rotatable bonds is 4. The number of carbonyl (C=O) groups excluding carboxylic acids is 1. The lowest BCUT2D eigenvalue weighted by Crippen LogP contribution is -2.18. The standard InChI is InChI=1S/C17H17N3O/c1-13(7-8-14-5-3-2-4-6-14)19-20-17(21)15-9-11-16(18)12-10-15/h2-12H,18H2,1H3,(H,20,21)/b8-7-,19-13-. The molecular formula is C17H17N3O. The number of hydrogen-bond donors (Lipinski definition) is 2. The van der Waals surface area contributed by atoms with Gasteiger partial charge in [-0.05, 0) is 42.8 Å². The van der Waals surface area contributed by atoms with E-state index in [1.165, 1.54) is 0 Å². The number of benzene rings is 2. The zero-order valence-corrected chi connectivity index (χ0v) is 11.8. The highest BCUT2D eigenvalue weighted by Crippen LogP contribution is 2.05. The van der Waals surface area contributed by atoms with Gasteiger partial charge in [0.05, 0.1) is 5.71 Å². The lowest BCUT2D eigenvalue weighted by Gasteiger charge is -2.01. The number of nitrogens with two attached hydrogens (primary N) is 1. The summed E-state index contributed by atoms with van der Waals surface area (Å²) in [7, 11) is 0. The van der Waals surface area contributed by atoms with Crippen LogP contribution in [0.4, 0.5) is 5.69 Å². The number of nitrogens with one attached hydrogen (secondary N) is 1. The van der Waals surface area contributed by atoms with E-state index < -0.39 is 0 Å². The lowest BCUT2D eigenvalue weighted by molar-refractivity contribution is 0.0955. The van der Waals surface area contributed by atoms with Gasteiger partial charge in [-0.3, -0.25) is 4.79 Å². The van der Waals surface area contributed by atoms with Crippen molar-refractivity contribution in [2.75, 3.05) is 5.73 Å². The van der Waals surface area contributed by atoms with Crippen molar-refractivity contribution < 1.29 is 4.79 Å². The van der Waals surface area contributed by atoms with Crippen molar-refractivity contribution in [2.45, 2.75) is 6.92 Å². The number of amides is 1. The molecule has 0 saturated carbocycles. The topological polar surface area (TPSA) is 67.5 Å². The maximum absolute atomic E-state index is 11.9. The number of anilines is 1. The highest BCUT2D eigenvalue weighted by Gasteiger charge is 2.02. The van der Waals surface area contributed by atoms with Gasteiger partial charge in [0.15, 0.2) is 0 Å². The van der Waals surface area contributed by atoms with E-state index in [0.29, 0.717) is 17.0 Å². The van der Waals surface area contributed by atoms with Gasteiger partial charge in [0.1, 0.15) is 0 Å². The van der Waals surface area contributed by atoms with Gasteiger partial charge in [-0.2, -0.15) is 5.10 Å². The van der Waals surface area contributed by atoms with Gasteiger partial charge in [-0.1, -0.05) is 36.4 Å². The highest BCUT2D eigenvalue weighted by molar-refractivity contribution is 5.99. The van der Waals surface area contributed by atoms with E-state index >= 15 is 0 Å². The summed E-state index contributed by atoms with van der Waals surface area (Å²) in [5, 5.41) is 4.04. The summed E-state index contributed by atoms with van der Waals surface area (Å²) in [5.74, 6) is -0.262. The van der Waals surface area contributed by atoms with Crippen molar-refractivity contribution in [3.8, 4) is 0 Å². The molecule has 1 amide bonds. The van der Waals surface area contributed by atoms with Gasteiger partial charge in [-0.25, -0.2) is 5.43 Å². The monoisotopic (exact) mass is 279 g/mol. The van der Waals surface area contributed by atoms with E-state index in [1.54, 1.807) is 24.3 Å². The first-order valence-corrected chi connectivity index (χ1v) is 6.58. The average Bonchev–Trinajstić information content (AvgIpc) is 2.52. The summed E-state index contributed by atoms with van der Waals surface area (Å²) in [5.41, 5.74) is 11.0. The summed E-state index contributed by atoms with van der Waals surface area (Å²) in [6.07, 6.45) is 3.78. The zero-order chi connectivity index (χ0) is 15.1. The van der Waals surface area contributed by atoms with E-state index in [4.69, 9.17) is 5.73 Å². The van der Waals surface area contributed by atoms with Gasteiger partial charge in [0.2, 0.25) is 0 Å². The molecule has 0 unspecified atom stereocenters. The molecular weight excluding hydrogens is 262 g/mol. The van der Waals surface area contributed by atoms with Gasteiger partial charge < -0.3 is 5.73 Å². The molecule has 0 heterocycles. The first kappa shape index (κ1) is 14.5. The van der Waals surface area contributed by atoms with Gasteiger partial charge in [0.25, 0.3) is 5.91 Å². The molecule has 0 aliphatic heterocycles. The predicted octanol–water partition coefficient (Wildman–Crippen LogP) is 3.09. The van der Waals surface area contributed by atoms with E-state index in [0.717, 1.165) is 5.56 Å². The fourth-order valence-corrected chi connectivity index (χ4v) is 1.66. The van der Waals surface area contributed by atoms with Crippen LogP contribution in [0, 0.1) is 0 Å². The van der Waals surface area contributed by atoms with Crippen molar-refractivity contribution >= 4 is 23.4 Å². The molecule has 4 nitrogen and oxygen atoms in total. The van der Waals surface area contributed by atoms with Crippen LogP contribution in [-0.2, 0) is 0 Å². The second-order valence-corrected chi connectivity index (χ2v) is 4.56. The highest BCUT2D eigenvalue weighted by atomic mass is 16.2. The Kier molecular flexibility index (Phi) is 4.88. The summed E-state index contributed by atoms with van der Waals surface area (Å²) >= 11 is 0. The number of nitrogen functional groups attached to an aromatic ring is 1. The minimum Gasteiger partial charge on any atom is -0.399 e. The first-order valence-electron chi connectivity index (χ1n) is 6.58. The molecule has 0 fully saturated rings. The van der Waals surface area contributed by atoms with Crippen LogP contribution in [0.25, 0.3) is 6.08 Å². The third-order valence-corrected chi connectivity index (χ3v) is 2.82. The first-order chi connectivity index (χ1) is 10.1. The number of hydrazone groups is 1. The summed E-state index contributed by atoms with van der Waals surface area (Å²) in [4.78, 5) is 11.9. The van der Waals surface area contributed by atoms with Crippen LogP contribution >= 0.6 is 0 Å². The molecule has 4 heteroatoms. The summed E-state index contributed by atoms with van der Waals surface area (Å²) < 4.78 is 0. The number of carbonyl (C=O) groups is 1. The van der Waals surface area contributed by atoms with Crippen LogP contribution in [-0.4, -0.2) is 11.6 Å². The van der Waals surface area contributed by atoms with Crippen molar-refractivity contribution in [1.82, 2.24) is 5.43 Å². The normalized spacial score (nSPS) is 11.6. The lowest BCUT2D eigenvalue weighted by atomic mass is 10.2. The van der Waals surface area contributed by atoms with E-state index in [2.05, 4.69) is 10.5 Å². The molecule has 21 heavy (non-hydrogen) atoms. The second kappa shape index (κ2) is 7.05. The molecule has 0 saturated heterocycles. The van der Waals surface area contributed by atoms with Crippen LogP contribution in [0.15, 0.2) is 65.8 Å². The molecule has 0 aliphatic rings. The second-order valence-electron chi connectivity index (χ2n) is 4.56. The molecule has 0 aromatic heterocycles. The van der Waals surface area contributed by atoms with Crippen LogP contribution in [0.1, 0.15) is 22.8 Å². The molecule has 0 bridgehead atoms. The molecule has 3 N–H and O–H groups in total. The molecule has 2 aromatic carbocycles. The number of allylic oxidation sites excluding steroid dienone is 1. The molecule has 2 rings (SSSR count). The van der Waals surface area contributed by atoms with Crippen LogP contribution in [0.2, 0.25) is 0 Å². The largest absolute Gasteiger partial charge is 0.399 e. The Labute approximate surface area is 124 Å². The fourth-order valence-electron chi connectivity index (χ4n) is 1.66. The van der Waals surface area contributed by atoms with E-state index in [9.17, 15) is 4.79 Å². The Hall–Kier alpha value is -2.88. The molecule has 106 valence electrons. The van der Waals surface area contributed by atoms with Crippen LogP contribution < -0.4 is 11.2 Å². The third kappa shape index (κ3) is 4.62. The third-order valence-electron chi connectivity index (χ3n) is 2.82. The van der Waals surface area contributed by atoms with Crippen molar-refractivity contribution in [3.05, 3.63) is 71.8 Å². The molecule has 0 spiro atoms. The van der Waals surface area contributed by atoms with Gasteiger partial charge >= 0.3 is 0 Å². The van der Waals surface area contributed by atoms with Crippen LogP contribution in [0.5, 0.6) is 0 Å². The Morgan fingerprint density at radius 2 is 1.76 bits per heavy atom. The smallest absolute Gasteiger partial charge is 0.271 e. The minimum atomic E-state index is -0.262. The Morgan fingerprint density at radius 3 is 2.43 bits per heavy atom. The Balaban J connectivity index is 1.95. The van der Waals surface area contributed by atoms with E-state index in [-0.39, 0.29) is 5.91 Å². The van der Waals surface area contributed by atoms with Crippen LogP contribution in [0.3, 0.4) is 0 Å². The minimum absolute atomic E-state index is 0.262. The quantitative estimate of drug-likeness (QED) is 0.513. The molecule has 2 aromatic rings. The Morgan fingerprint density at radius 1 is 1.10 bits per heavy atom. The molecule has 0 aliphatic carbocycles. The molecule has 0 radical (unpaired) electrons. The van der Waals surface area contributed by atoms with Crippen molar-refractivity contribution in [3.63, 3.8) is 0 Å².